The highest BCUT2D eigenvalue weighted by Crippen LogP contribution is 2.21. The number of nitrogens with one attached hydrogen (secondary N) is 1. The molecule has 1 amide bonds. The molecule has 0 saturated carbocycles. The molecule has 0 spiro atoms. The Morgan fingerprint density at radius 1 is 1.65 bits per heavy atom. The molecule has 2 aromatic heterocycles. The third kappa shape index (κ3) is 3.89. The standard InChI is InChI=1S/C13H16N2O4S/c1-9-7-10(15-19-9)13(17)14-8-11(18-5-4-16)12-3-2-6-20-12/h2-3,6-7,11,16H,4-5,8H2,1H3,(H,14,17)/t11-/m0/s1. The van der Waals surface area contributed by atoms with E-state index in [4.69, 9.17) is 14.4 Å². The van der Waals surface area contributed by atoms with E-state index in [0.717, 1.165) is 4.88 Å². The number of thiophene rings is 1. The van der Waals surface area contributed by atoms with Crippen molar-refractivity contribution in [3.05, 3.63) is 39.9 Å². The van der Waals surface area contributed by atoms with Crippen molar-refractivity contribution in [1.82, 2.24) is 10.5 Å². The summed E-state index contributed by atoms with van der Waals surface area (Å²) in [4.78, 5) is 12.9. The van der Waals surface area contributed by atoms with Crippen LogP contribution in [0.1, 0.15) is 27.2 Å². The van der Waals surface area contributed by atoms with Gasteiger partial charge in [0.15, 0.2) is 5.69 Å². The van der Waals surface area contributed by atoms with Gasteiger partial charge in [-0.3, -0.25) is 4.79 Å². The van der Waals surface area contributed by atoms with E-state index in [1.54, 1.807) is 24.3 Å². The fraction of sp³-hybridized carbons (Fsp3) is 0.385. The summed E-state index contributed by atoms with van der Waals surface area (Å²) in [5, 5.41) is 17.2. The molecular weight excluding hydrogens is 280 g/mol. The van der Waals surface area contributed by atoms with Crippen LogP contribution >= 0.6 is 11.3 Å². The largest absolute Gasteiger partial charge is 0.394 e. The molecule has 0 bridgehead atoms. The Morgan fingerprint density at radius 2 is 2.50 bits per heavy atom. The molecule has 2 heterocycles. The quantitative estimate of drug-likeness (QED) is 0.809. The topological polar surface area (TPSA) is 84.6 Å². The highest BCUT2D eigenvalue weighted by Gasteiger charge is 2.16. The Bertz CT molecular complexity index is 538. The van der Waals surface area contributed by atoms with Crippen molar-refractivity contribution in [3.8, 4) is 0 Å². The zero-order valence-electron chi connectivity index (χ0n) is 11.0. The molecular formula is C13H16N2O4S. The van der Waals surface area contributed by atoms with Gasteiger partial charge in [-0.25, -0.2) is 0 Å². The summed E-state index contributed by atoms with van der Waals surface area (Å²) >= 11 is 1.54. The van der Waals surface area contributed by atoms with Gasteiger partial charge in [-0.15, -0.1) is 11.3 Å². The summed E-state index contributed by atoms with van der Waals surface area (Å²) in [5.41, 5.74) is 0.245. The molecule has 0 fully saturated rings. The SMILES string of the molecule is Cc1cc(C(=O)NC[C@H](OCCO)c2cccs2)no1. The van der Waals surface area contributed by atoms with Crippen LogP contribution < -0.4 is 5.32 Å². The van der Waals surface area contributed by atoms with Gasteiger partial charge in [0.25, 0.3) is 5.91 Å². The first-order valence-electron chi connectivity index (χ1n) is 6.18. The van der Waals surface area contributed by atoms with Crippen LogP contribution in [-0.4, -0.2) is 35.9 Å². The number of ether oxygens (including phenoxy) is 1. The molecule has 2 rings (SSSR count). The fourth-order valence-electron chi connectivity index (χ4n) is 1.66. The van der Waals surface area contributed by atoms with Crippen molar-refractivity contribution in [3.63, 3.8) is 0 Å². The number of amides is 1. The van der Waals surface area contributed by atoms with Gasteiger partial charge in [-0.1, -0.05) is 11.2 Å². The minimum absolute atomic E-state index is 0.0572. The van der Waals surface area contributed by atoms with Crippen LogP contribution in [0, 0.1) is 6.92 Å². The van der Waals surface area contributed by atoms with E-state index in [-0.39, 0.29) is 30.9 Å². The predicted octanol–water partition coefficient (Wildman–Crippen LogP) is 1.52. The summed E-state index contributed by atoms with van der Waals surface area (Å²) in [6.45, 7) is 2.20. The van der Waals surface area contributed by atoms with Crippen LogP contribution in [0.4, 0.5) is 0 Å². The van der Waals surface area contributed by atoms with E-state index in [1.807, 2.05) is 17.5 Å². The lowest BCUT2D eigenvalue weighted by Gasteiger charge is -2.16. The van der Waals surface area contributed by atoms with E-state index >= 15 is 0 Å². The third-order valence-corrected chi connectivity index (χ3v) is 3.54. The second kappa shape index (κ2) is 7.18. The maximum atomic E-state index is 11.9. The number of aliphatic hydroxyl groups excluding tert-OH is 1. The van der Waals surface area contributed by atoms with Gasteiger partial charge >= 0.3 is 0 Å². The normalized spacial score (nSPS) is 12.3. The lowest BCUT2D eigenvalue weighted by Crippen LogP contribution is -2.29. The van der Waals surface area contributed by atoms with Crippen molar-refractivity contribution in [1.29, 1.82) is 0 Å². The Labute approximate surface area is 120 Å². The molecule has 0 aliphatic carbocycles. The van der Waals surface area contributed by atoms with Crippen LogP contribution in [0.3, 0.4) is 0 Å². The Balaban J connectivity index is 1.93. The number of aliphatic hydroxyl groups is 1. The number of hydrogen-bond donors (Lipinski definition) is 2. The van der Waals surface area contributed by atoms with E-state index in [2.05, 4.69) is 10.5 Å². The predicted molar refractivity (Wildman–Crippen MR) is 73.7 cm³/mol. The number of carbonyl (C=O) groups excluding carboxylic acids is 1. The number of rotatable bonds is 7. The molecule has 0 unspecified atom stereocenters. The van der Waals surface area contributed by atoms with Crippen molar-refractivity contribution >= 4 is 17.2 Å². The van der Waals surface area contributed by atoms with Crippen LogP contribution in [0.2, 0.25) is 0 Å². The molecule has 0 aliphatic heterocycles. The van der Waals surface area contributed by atoms with Crippen LogP contribution in [0.5, 0.6) is 0 Å². The van der Waals surface area contributed by atoms with E-state index in [9.17, 15) is 4.79 Å². The molecule has 108 valence electrons. The zero-order valence-corrected chi connectivity index (χ0v) is 11.9. The van der Waals surface area contributed by atoms with Gasteiger partial charge in [-0.2, -0.15) is 0 Å². The van der Waals surface area contributed by atoms with Crippen molar-refractivity contribution in [2.24, 2.45) is 0 Å². The summed E-state index contributed by atoms with van der Waals surface area (Å²) in [5.74, 6) is 0.275. The van der Waals surface area contributed by atoms with Crippen LogP contribution in [-0.2, 0) is 4.74 Å². The maximum absolute atomic E-state index is 11.9. The molecule has 0 saturated heterocycles. The first-order chi connectivity index (χ1) is 9.70. The number of nitrogens with zero attached hydrogens (tertiary/aromatic N) is 1. The number of aromatic nitrogens is 1. The van der Waals surface area contributed by atoms with E-state index in [0.29, 0.717) is 12.3 Å². The molecule has 1 atom stereocenters. The first-order valence-corrected chi connectivity index (χ1v) is 7.06. The van der Waals surface area contributed by atoms with Gasteiger partial charge in [0.2, 0.25) is 0 Å². The fourth-order valence-corrected chi connectivity index (χ4v) is 2.44. The summed E-state index contributed by atoms with van der Waals surface area (Å²) in [6, 6.07) is 5.42. The first kappa shape index (κ1) is 14.7. The zero-order chi connectivity index (χ0) is 14.4. The van der Waals surface area contributed by atoms with Crippen molar-refractivity contribution in [2.75, 3.05) is 19.8 Å². The minimum atomic E-state index is -0.309. The van der Waals surface area contributed by atoms with Gasteiger partial charge in [0, 0.05) is 17.5 Å². The van der Waals surface area contributed by atoms with Gasteiger partial charge in [-0.05, 0) is 18.4 Å². The molecule has 0 aliphatic rings. The van der Waals surface area contributed by atoms with Crippen molar-refractivity contribution in [2.45, 2.75) is 13.0 Å². The molecule has 20 heavy (non-hydrogen) atoms. The van der Waals surface area contributed by atoms with Crippen LogP contribution in [0.25, 0.3) is 0 Å². The van der Waals surface area contributed by atoms with Crippen molar-refractivity contribution < 1.29 is 19.2 Å². The molecule has 6 nitrogen and oxygen atoms in total. The number of hydrogen-bond acceptors (Lipinski definition) is 6. The maximum Gasteiger partial charge on any atom is 0.273 e. The van der Waals surface area contributed by atoms with Gasteiger partial charge < -0.3 is 19.7 Å². The number of carbonyl (C=O) groups is 1. The van der Waals surface area contributed by atoms with Crippen LogP contribution in [0.15, 0.2) is 28.1 Å². The average molecular weight is 296 g/mol. The number of aryl methyl sites for hydroxylation is 1. The molecule has 2 aromatic rings. The Morgan fingerprint density at radius 3 is 3.10 bits per heavy atom. The second-order valence-corrected chi connectivity index (χ2v) is 5.11. The third-order valence-electron chi connectivity index (χ3n) is 2.58. The molecule has 0 aromatic carbocycles. The molecule has 0 radical (unpaired) electrons. The smallest absolute Gasteiger partial charge is 0.273 e. The average Bonchev–Trinajstić information content (AvgIpc) is 3.10. The highest BCUT2D eigenvalue weighted by atomic mass is 32.1. The second-order valence-electron chi connectivity index (χ2n) is 4.13. The molecule has 2 N–H and O–H groups in total. The highest BCUT2D eigenvalue weighted by molar-refractivity contribution is 7.10. The monoisotopic (exact) mass is 296 g/mol. The van der Waals surface area contributed by atoms with E-state index in [1.165, 1.54) is 0 Å². The van der Waals surface area contributed by atoms with E-state index < -0.39 is 0 Å². The van der Waals surface area contributed by atoms with Gasteiger partial charge in [0.05, 0.1) is 13.2 Å². The molecule has 7 heteroatoms. The lowest BCUT2D eigenvalue weighted by molar-refractivity contribution is 0.0295. The summed E-state index contributed by atoms with van der Waals surface area (Å²) < 4.78 is 10.4. The minimum Gasteiger partial charge on any atom is -0.394 e. The van der Waals surface area contributed by atoms with Gasteiger partial charge in [0.1, 0.15) is 11.9 Å². The lowest BCUT2D eigenvalue weighted by atomic mass is 10.2. The summed E-state index contributed by atoms with van der Waals surface area (Å²) in [6.07, 6.45) is -0.279. The Hall–Kier alpha value is -1.70. The summed E-state index contributed by atoms with van der Waals surface area (Å²) in [7, 11) is 0. The Kier molecular flexibility index (Phi) is 5.28.